The number of hydrogen-bond acceptors (Lipinski definition) is 3. The molecule has 4 nitrogen and oxygen atoms in total. The van der Waals surface area contributed by atoms with Crippen LogP contribution in [0.25, 0.3) is 0 Å². The quantitative estimate of drug-likeness (QED) is 0.692. The van der Waals surface area contributed by atoms with E-state index in [1.54, 1.807) is 0 Å². The van der Waals surface area contributed by atoms with Gasteiger partial charge < -0.3 is 15.4 Å². The molecule has 0 aliphatic heterocycles. The first-order chi connectivity index (χ1) is 12.2. The molecule has 0 saturated heterocycles. The zero-order valence-corrected chi connectivity index (χ0v) is 15.3. The van der Waals surface area contributed by atoms with Gasteiger partial charge in [-0.2, -0.15) is 0 Å². The minimum atomic E-state index is -0.0605. The van der Waals surface area contributed by atoms with Crippen LogP contribution < -0.4 is 15.4 Å². The molecule has 0 aliphatic rings. The number of rotatable bonds is 8. The zero-order valence-electron chi connectivity index (χ0n) is 14.5. The minimum absolute atomic E-state index is 0.0605. The van der Waals surface area contributed by atoms with Gasteiger partial charge in [0.05, 0.1) is 6.61 Å². The highest BCUT2D eigenvalue weighted by Crippen LogP contribution is 2.17. The lowest BCUT2D eigenvalue weighted by Gasteiger charge is -2.11. The van der Waals surface area contributed by atoms with Crippen LogP contribution in [0.3, 0.4) is 0 Å². The number of benzene rings is 2. The van der Waals surface area contributed by atoms with E-state index in [0.717, 1.165) is 30.7 Å². The normalized spacial score (nSPS) is 10.1. The third-order valence-corrected chi connectivity index (χ3v) is 3.81. The number of carbonyl (C=O) groups excluding carboxylic acids is 1. The minimum Gasteiger partial charge on any atom is -0.493 e. The van der Waals surface area contributed by atoms with Crippen molar-refractivity contribution in [3.05, 3.63) is 60.2 Å². The number of ether oxygens (including phenoxy) is 1. The maximum atomic E-state index is 11.7. The number of anilines is 1. The fraction of sp³-hybridized carbons (Fsp3) is 0.300. The molecular formula is C20H24N2O2S. The van der Waals surface area contributed by atoms with Crippen molar-refractivity contribution in [2.45, 2.75) is 32.6 Å². The van der Waals surface area contributed by atoms with Gasteiger partial charge in [-0.25, -0.2) is 0 Å². The number of carbonyl (C=O) groups is 1. The summed E-state index contributed by atoms with van der Waals surface area (Å²) in [7, 11) is 0. The van der Waals surface area contributed by atoms with Crippen LogP contribution >= 0.6 is 12.2 Å². The molecule has 1 amide bonds. The standard InChI is InChI=1S/C20H24N2O2S/c1-2-3-12-19(23)22-20(25)21-17-10-7-11-18(15-17)24-14-13-16-8-5-4-6-9-16/h4-11,15H,2-3,12-14H2,1H3,(H2,21,22,23,25). The molecule has 0 heterocycles. The lowest BCUT2D eigenvalue weighted by atomic mass is 10.2. The molecule has 0 saturated carbocycles. The fourth-order valence-corrected chi connectivity index (χ4v) is 2.52. The van der Waals surface area contributed by atoms with Gasteiger partial charge >= 0.3 is 0 Å². The van der Waals surface area contributed by atoms with Crippen molar-refractivity contribution in [3.63, 3.8) is 0 Å². The Morgan fingerprint density at radius 1 is 1.12 bits per heavy atom. The molecule has 2 rings (SSSR count). The average molecular weight is 356 g/mol. The topological polar surface area (TPSA) is 50.4 Å². The van der Waals surface area contributed by atoms with Crippen molar-refractivity contribution in [2.75, 3.05) is 11.9 Å². The molecule has 0 unspecified atom stereocenters. The van der Waals surface area contributed by atoms with Crippen molar-refractivity contribution >= 4 is 28.9 Å². The monoisotopic (exact) mass is 356 g/mol. The zero-order chi connectivity index (χ0) is 17.9. The summed E-state index contributed by atoms with van der Waals surface area (Å²) in [6.45, 7) is 2.65. The summed E-state index contributed by atoms with van der Waals surface area (Å²) in [5.74, 6) is 0.704. The highest BCUT2D eigenvalue weighted by Gasteiger charge is 2.05. The van der Waals surface area contributed by atoms with Crippen LogP contribution in [0.15, 0.2) is 54.6 Å². The molecule has 0 bridgehead atoms. The second-order valence-electron chi connectivity index (χ2n) is 5.72. The summed E-state index contributed by atoms with van der Waals surface area (Å²) >= 11 is 5.17. The van der Waals surface area contributed by atoms with Crippen LogP contribution in [0.1, 0.15) is 31.7 Å². The third-order valence-electron chi connectivity index (χ3n) is 3.60. The van der Waals surface area contributed by atoms with E-state index in [0.29, 0.717) is 18.1 Å². The molecule has 0 spiro atoms. The summed E-state index contributed by atoms with van der Waals surface area (Å²) in [5, 5.41) is 6.01. The summed E-state index contributed by atoms with van der Waals surface area (Å²) in [4.78, 5) is 11.7. The maximum Gasteiger partial charge on any atom is 0.226 e. The average Bonchev–Trinajstić information content (AvgIpc) is 2.61. The second kappa shape index (κ2) is 10.5. The van der Waals surface area contributed by atoms with Gasteiger partial charge in [0, 0.05) is 24.6 Å². The van der Waals surface area contributed by atoms with E-state index < -0.39 is 0 Å². The van der Waals surface area contributed by atoms with E-state index in [2.05, 4.69) is 22.8 Å². The van der Waals surface area contributed by atoms with Crippen LogP contribution in [0, 0.1) is 0 Å². The molecule has 132 valence electrons. The molecule has 0 aromatic heterocycles. The number of thiocarbonyl (C=S) groups is 1. The highest BCUT2D eigenvalue weighted by atomic mass is 32.1. The van der Waals surface area contributed by atoms with Gasteiger partial charge in [0.15, 0.2) is 5.11 Å². The van der Waals surface area contributed by atoms with E-state index in [4.69, 9.17) is 17.0 Å². The Balaban J connectivity index is 1.80. The lowest BCUT2D eigenvalue weighted by molar-refractivity contribution is -0.119. The summed E-state index contributed by atoms with van der Waals surface area (Å²) in [6, 6.07) is 17.8. The fourth-order valence-electron chi connectivity index (χ4n) is 2.28. The van der Waals surface area contributed by atoms with Gasteiger partial charge in [-0.15, -0.1) is 0 Å². The Hall–Kier alpha value is -2.40. The summed E-state index contributed by atoms with van der Waals surface area (Å²) in [6.07, 6.45) is 3.18. The number of nitrogens with one attached hydrogen (secondary N) is 2. The van der Waals surface area contributed by atoms with Gasteiger partial charge in [-0.1, -0.05) is 49.7 Å². The van der Waals surface area contributed by atoms with E-state index in [1.807, 2.05) is 49.4 Å². The molecule has 0 atom stereocenters. The van der Waals surface area contributed by atoms with Crippen molar-refractivity contribution in [3.8, 4) is 5.75 Å². The molecule has 0 aliphatic carbocycles. The summed E-state index contributed by atoms with van der Waals surface area (Å²) < 4.78 is 5.80. The molecule has 2 aromatic rings. The van der Waals surface area contributed by atoms with Crippen LogP contribution in [-0.2, 0) is 11.2 Å². The van der Waals surface area contributed by atoms with E-state index in [-0.39, 0.29) is 5.91 Å². The maximum absolute atomic E-state index is 11.7. The second-order valence-corrected chi connectivity index (χ2v) is 6.13. The summed E-state index contributed by atoms with van der Waals surface area (Å²) in [5.41, 5.74) is 2.03. The first kappa shape index (κ1) is 18.9. The van der Waals surface area contributed by atoms with Crippen molar-refractivity contribution < 1.29 is 9.53 Å². The van der Waals surface area contributed by atoms with Crippen molar-refractivity contribution in [1.82, 2.24) is 5.32 Å². The Morgan fingerprint density at radius 2 is 1.92 bits per heavy atom. The Labute approximate surface area is 154 Å². The number of unbranched alkanes of at least 4 members (excludes halogenated alkanes) is 1. The van der Waals surface area contributed by atoms with Gasteiger partial charge in [-0.05, 0) is 36.3 Å². The van der Waals surface area contributed by atoms with E-state index >= 15 is 0 Å². The third kappa shape index (κ3) is 7.35. The Bertz CT molecular complexity index is 689. The van der Waals surface area contributed by atoms with Crippen LogP contribution in [0.4, 0.5) is 5.69 Å². The highest BCUT2D eigenvalue weighted by molar-refractivity contribution is 7.80. The molecule has 2 aromatic carbocycles. The van der Waals surface area contributed by atoms with Gasteiger partial charge in [0.1, 0.15) is 5.75 Å². The Morgan fingerprint density at radius 3 is 2.68 bits per heavy atom. The largest absolute Gasteiger partial charge is 0.493 e. The Kier molecular flexibility index (Phi) is 7.92. The van der Waals surface area contributed by atoms with E-state index in [1.165, 1.54) is 5.56 Å². The van der Waals surface area contributed by atoms with Crippen LogP contribution in [-0.4, -0.2) is 17.6 Å². The molecule has 5 heteroatoms. The number of hydrogen-bond donors (Lipinski definition) is 2. The predicted molar refractivity (Wildman–Crippen MR) is 106 cm³/mol. The van der Waals surface area contributed by atoms with Gasteiger partial charge in [0.25, 0.3) is 0 Å². The smallest absolute Gasteiger partial charge is 0.226 e. The first-order valence-electron chi connectivity index (χ1n) is 8.55. The van der Waals surface area contributed by atoms with Gasteiger partial charge in [0.2, 0.25) is 5.91 Å². The van der Waals surface area contributed by atoms with Crippen LogP contribution in [0.2, 0.25) is 0 Å². The molecule has 0 radical (unpaired) electrons. The van der Waals surface area contributed by atoms with Crippen molar-refractivity contribution in [2.24, 2.45) is 0 Å². The molecular weight excluding hydrogens is 332 g/mol. The lowest BCUT2D eigenvalue weighted by Crippen LogP contribution is -2.33. The SMILES string of the molecule is CCCCC(=O)NC(=S)Nc1cccc(OCCc2ccccc2)c1. The van der Waals surface area contributed by atoms with Crippen LogP contribution in [0.5, 0.6) is 5.75 Å². The predicted octanol–water partition coefficient (Wildman–Crippen LogP) is 4.31. The molecule has 25 heavy (non-hydrogen) atoms. The van der Waals surface area contributed by atoms with Crippen molar-refractivity contribution in [1.29, 1.82) is 0 Å². The molecule has 2 N–H and O–H groups in total. The first-order valence-corrected chi connectivity index (χ1v) is 8.96. The van der Waals surface area contributed by atoms with Gasteiger partial charge in [-0.3, -0.25) is 4.79 Å². The number of amides is 1. The van der Waals surface area contributed by atoms with E-state index in [9.17, 15) is 4.79 Å². The molecule has 0 fully saturated rings.